The van der Waals surface area contributed by atoms with Gasteiger partial charge in [-0.2, -0.15) is 0 Å². The van der Waals surface area contributed by atoms with E-state index in [4.69, 9.17) is 20.7 Å². The first-order valence-corrected chi connectivity index (χ1v) is 18.0. The van der Waals surface area contributed by atoms with E-state index in [2.05, 4.69) is 9.97 Å². The highest BCUT2D eigenvalue weighted by Gasteiger charge is 2.16. The van der Waals surface area contributed by atoms with Crippen molar-refractivity contribution in [2.75, 3.05) is 0 Å². The fourth-order valence-corrected chi connectivity index (χ4v) is 7.65. The summed E-state index contributed by atoms with van der Waals surface area (Å²) in [5.41, 5.74) is 7.88. The van der Waals surface area contributed by atoms with Gasteiger partial charge in [0.15, 0.2) is 0 Å². The number of carbonyl (C=O) groups is 3. The van der Waals surface area contributed by atoms with Crippen molar-refractivity contribution >= 4 is 95.2 Å². The highest BCUT2D eigenvalue weighted by molar-refractivity contribution is 7.12. The molecule has 51 heavy (non-hydrogen) atoms. The number of nitrogens with one attached hydrogen (secondary N) is 4. The van der Waals surface area contributed by atoms with E-state index in [1.54, 1.807) is 0 Å². The maximum atomic E-state index is 13.0. The van der Waals surface area contributed by atoms with Gasteiger partial charge < -0.3 is 25.9 Å². The molecule has 0 aliphatic carbocycles. The summed E-state index contributed by atoms with van der Waals surface area (Å²) in [6.45, 7) is 1.08. The number of ketones is 2. The Balaban J connectivity index is 0.000000966. The molecule has 252 valence electrons. The fraction of sp³-hybridized carbons (Fsp3) is 0.0976. The molecule has 0 fully saturated rings. The molecule has 10 heteroatoms. The first-order valence-electron chi connectivity index (χ1n) is 16.3. The van der Waals surface area contributed by atoms with Crippen LogP contribution in [0.1, 0.15) is 67.8 Å². The summed E-state index contributed by atoms with van der Waals surface area (Å²) in [5.74, 6) is -0.805. The number of aromatic nitrogens is 2. The van der Waals surface area contributed by atoms with Gasteiger partial charge in [0.25, 0.3) is 5.97 Å². The summed E-state index contributed by atoms with van der Waals surface area (Å²) in [5, 5.41) is 32.8. The van der Waals surface area contributed by atoms with Crippen LogP contribution in [-0.2, 0) is 4.79 Å². The van der Waals surface area contributed by atoms with Crippen molar-refractivity contribution in [1.29, 1.82) is 10.8 Å². The third-order valence-corrected chi connectivity index (χ3v) is 10.5. The Kier molecular flexibility index (Phi) is 9.27. The van der Waals surface area contributed by atoms with Crippen molar-refractivity contribution in [3.8, 4) is 0 Å². The van der Waals surface area contributed by atoms with Crippen LogP contribution in [-0.4, -0.2) is 44.0 Å². The molecular formula is C41H32N4O4S2. The van der Waals surface area contributed by atoms with E-state index in [0.29, 0.717) is 51.6 Å². The minimum absolute atomic E-state index is 0.0143. The van der Waals surface area contributed by atoms with E-state index in [9.17, 15) is 9.59 Å². The number of H-pyrrole nitrogens is 2. The predicted molar refractivity (Wildman–Crippen MR) is 208 cm³/mol. The van der Waals surface area contributed by atoms with Gasteiger partial charge in [0, 0.05) is 73.1 Å². The summed E-state index contributed by atoms with van der Waals surface area (Å²) < 4.78 is 0. The van der Waals surface area contributed by atoms with E-state index in [0.717, 1.165) is 61.7 Å². The largest absolute Gasteiger partial charge is 0.481 e. The molecule has 0 aliphatic rings. The summed E-state index contributed by atoms with van der Waals surface area (Å²) in [6.07, 6.45) is 1.76. The van der Waals surface area contributed by atoms with E-state index in [-0.39, 0.29) is 11.6 Å². The summed E-state index contributed by atoms with van der Waals surface area (Å²) in [7, 11) is 0. The molecule has 0 unspecified atom stereocenters. The van der Waals surface area contributed by atoms with Crippen LogP contribution in [0.2, 0.25) is 0 Å². The van der Waals surface area contributed by atoms with Crippen LogP contribution in [0, 0.1) is 10.8 Å². The molecule has 4 heterocycles. The topological polar surface area (TPSA) is 151 Å². The second-order valence-corrected chi connectivity index (χ2v) is 14.1. The molecule has 4 aromatic heterocycles. The Bertz CT molecular complexity index is 2450. The quantitative estimate of drug-likeness (QED) is 0.0709. The number of aliphatic carboxylic acids is 1. The molecule has 0 aliphatic heterocycles. The molecule has 8 rings (SSSR count). The predicted octanol–water partition coefficient (Wildman–Crippen LogP) is 10.2. The summed E-state index contributed by atoms with van der Waals surface area (Å²) >= 11 is 2.88. The van der Waals surface area contributed by atoms with Crippen LogP contribution in [0.3, 0.4) is 0 Å². The molecule has 0 amide bonds. The summed E-state index contributed by atoms with van der Waals surface area (Å²) in [6, 6.07) is 30.9. The highest BCUT2D eigenvalue weighted by atomic mass is 32.1. The summed E-state index contributed by atoms with van der Waals surface area (Å²) in [4.78, 5) is 43.3. The number of hydrogen-bond donors (Lipinski definition) is 5. The van der Waals surface area contributed by atoms with Gasteiger partial charge in [-0.1, -0.05) is 24.3 Å². The third-order valence-electron chi connectivity index (χ3n) is 8.76. The molecule has 0 saturated carbocycles. The molecule has 8 nitrogen and oxygen atoms in total. The number of rotatable bonds is 10. The van der Waals surface area contributed by atoms with E-state index in [1.165, 1.54) is 22.7 Å². The maximum Gasteiger partial charge on any atom is 0.300 e. The number of carboxylic acid groups (broad SMARTS) is 1. The van der Waals surface area contributed by atoms with Crippen LogP contribution < -0.4 is 0 Å². The first-order chi connectivity index (χ1) is 24.7. The SMILES string of the molecule is CC(=O)O.N=C(CCCC(=N)c1ccc2[nH]c3ccc(C(=O)c4cccs4)cc3c2c1)c1ccc2[nH]c3ccc(C(=O)c4cccs4)cc3c2c1. The Morgan fingerprint density at radius 1 is 0.569 bits per heavy atom. The number of aromatic amines is 2. The maximum absolute atomic E-state index is 13.0. The number of thiophene rings is 2. The number of carboxylic acids is 1. The second kappa shape index (κ2) is 14.1. The smallest absolute Gasteiger partial charge is 0.300 e. The lowest BCUT2D eigenvalue weighted by molar-refractivity contribution is -0.134. The molecule has 5 N–H and O–H groups in total. The van der Waals surface area contributed by atoms with Crippen molar-refractivity contribution in [2.24, 2.45) is 0 Å². The lowest BCUT2D eigenvalue weighted by atomic mass is 9.98. The Morgan fingerprint density at radius 3 is 1.24 bits per heavy atom. The van der Waals surface area contributed by atoms with Crippen LogP contribution in [0.25, 0.3) is 43.6 Å². The van der Waals surface area contributed by atoms with Gasteiger partial charge in [0.2, 0.25) is 11.6 Å². The molecule has 8 aromatic rings. The fourth-order valence-electron chi connectivity index (χ4n) is 6.28. The van der Waals surface area contributed by atoms with Crippen molar-refractivity contribution in [1.82, 2.24) is 9.97 Å². The molecule has 0 bridgehead atoms. The Hall–Kier alpha value is -5.97. The zero-order valence-corrected chi connectivity index (χ0v) is 29.1. The van der Waals surface area contributed by atoms with Crippen molar-refractivity contribution in [3.05, 3.63) is 140 Å². The number of hydrogen-bond acceptors (Lipinski definition) is 7. The van der Waals surface area contributed by atoms with Gasteiger partial charge in [-0.05, 0) is 114 Å². The number of carbonyl (C=O) groups excluding carboxylic acids is 2. The standard InChI is InChI=1S/C39H28N4O2S2.C2H4O2/c40-30(22-8-12-32-26(18-22)28-20-24(10-14-34(28)42-32)38(44)36-6-2-16-46-36)4-1-5-31(41)23-9-13-33-27(19-23)29-21-25(11-15-35(29)43-33)39(45)37-7-3-17-47-37;1-2(3)4/h2-3,6-21,40-43H,1,4-5H2;1H3,(H,3,4). The third kappa shape index (κ3) is 6.92. The van der Waals surface area contributed by atoms with Gasteiger partial charge >= 0.3 is 0 Å². The molecule has 0 radical (unpaired) electrons. The van der Waals surface area contributed by atoms with Crippen LogP contribution >= 0.6 is 22.7 Å². The first kappa shape index (κ1) is 33.5. The lowest BCUT2D eigenvalue weighted by Crippen LogP contribution is -2.03. The van der Waals surface area contributed by atoms with Gasteiger partial charge in [0.05, 0.1) is 9.75 Å². The molecule has 0 atom stereocenters. The zero-order chi connectivity index (χ0) is 35.6. The van der Waals surface area contributed by atoms with E-state index < -0.39 is 5.97 Å². The molecule has 0 spiro atoms. The minimum Gasteiger partial charge on any atom is -0.481 e. The minimum atomic E-state index is -0.833. The monoisotopic (exact) mass is 708 g/mol. The molecular weight excluding hydrogens is 677 g/mol. The Labute approximate surface area is 300 Å². The van der Waals surface area contributed by atoms with Crippen molar-refractivity contribution in [3.63, 3.8) is 0 Å². The average Bonchev–Trinajstić information content (AvgIpc) is 3.96. The van der Waals surface area contributed by atoms with E-state index in [1.807, 2.05) is 108 Å². The Morgan fingerprint density at radius 2 is 0.902 bits per heavy atom. The highest BCUT2D eigenvalue weighted by Crippen LogP contribution is 2.31. The van der Waals surface area contributed by atoms with E-state index >= 15 is 0 Å². The van der Waals surface area contributed by atoms with Gasteiger partial charge in [-0.15, -0.1) is 22.7 Å². The van der Waals surface area contributed by atoms with Crippen molar-refractivity contribution in [2.45, 2.75) is 26.2 Å². The number of benzene rings is 4. The van der Waals surface area contributed by atoms with Crippen LogP contribution in [0.4, 0.5) is 0 Å². The van der Waals surface area contributed by atoms with Crippen LogP contribution in [0.15, 0.2) is 108 Å². The van der Waals surface area contributed by atoms with Gasteiger partial charge in [-0.3, -0.25) is 14.4 Å². The van der Waals surface area contributed by atoms with Crippen LogP contribution in [0.5, 0.6) is 0 Å². The number of fused-ring (bicyclic) bond motifs is 6. The van der Waals surface area contributed by atoms with Crippen molar-refractivity contribution < 1.29 is 19.5 Å². The second-order valence-electron chi connectivity index (χ2n) is 12.2. The van der Waals surface area contributed by atoms with Gasteiger partial charge in [-0.25, -0.2) is 0 Å². The molecule has 4 aromatic carbocycles. The normalized spacial score (nSPS) is 11.2. The zero-order valence-electron chi connectivity index (χ0n) is 27.5. The average molecular weight is 709 g/mol. The molecule has 0 saturated heterocycles. The van der Waals surface area contributed by atoms with Gasteiger partial charge in [0.1, 0.15) is 0 Å². The lowest BCUT2D eigenvalue weighted by Gasteiger charge is -2.07.